The van der Waals surface area contributed by atoms with E-state index in [1.54, 1.807) is 6.08 Å². The summed E-state index contributed by atoms with van der Waals surface area (Å²) in [5.41, 5.74) is 0. The Kier molecular flexibility index (Phi) is 45.4. The maximum atomic E-state index is 12.9. The van der Waals surface area contributed by atoms with Crippen molar-refractivity contribution in [1.82, 2.24) is 5.32 Å². The monoisotopic (exact) mass is 922 g/mol. The normalized spacial score (nSPS) is 14.4. The van der Waals surface area contributed by atoms with Gasteiger partial charge in [-0.05, 0) is 51.4 Å². The molecule has 0 aromatic carbocycles. The van der Waals surface area contributed by atoms with Gasteiger partial charge in [-0.1, -0.05) is 236 Å². The predicted octanol–water partition coefficient (Wildman–Crippen LogP) is 16.0. The summed E-state index contributed by atoms with van der Waals surface area (Å²) in [5, 5.41) is 13.9. The fraction of sp³-hybridized carbons (Fsp3) is 0.836. The Bertz CT molecular complexity index is 1180. The molecule has 0 heterocycles. The van der Waals surface area contributed by atoms with Gasteiger partial charge in [0.15, 0.2) is 0 Å². The van der Waals surface area contributed by atoms with Crippen LogP contribution in [-0.4, -0.2) is 73.4 Å². The van der Waals surface area contributed by atoms with Crippen molar-refractivity contribution < 1.29 is 32.9 Å². The Morgan fingerprint density at radius 1 is 0.547 bits per heavy atom. The third-order valence-corrected chi connectivity index (χ3v) is 13.0. The van der Waals surface area contributed by atoms with Crippen LogP contribution in [0.5, 0.6) is 0 Å². The Labute approximate surface area is 397 Å². The molecular formula is C55H106N2O6P+. The van der Waals surface area contributed by atoms with E-state index in [0.717, 1.165) is 64.2 Å². The first-order chi connectivity index (χ1) is 31.0. The van der Waals surface area contributed by atoms with Crippen LogP contribution in [-0.2, 0) is 18.4 Å². The highest BCUT2D eigenvalue weighted by Crippen LogP contribution is 2.43. The molecule has 3 atom stereocenters. The van der Waals surface area contributed by atoms with Crippen molar-refractivity contribution in [2.75, 3.05) is 40.9 Å². The minimum absolute atomic E-state index is 0.0545. The average Bonchev–Trinajstić information content (AvgIpc) is 3.25. The van der Waals surface area contributed by atoms with E-state index in [2.05, 4.69) is 55.6 Å². The molecule has 3 unspecified atom stereocenters. The van der Waals surface area contributed by atoms with Gasteiger partial charge in [-0.2, -0.15) is 0 Å². The van der Waals surface area contributed by atoms with E-state index in [1.165, 1.54) is 161 Å². The fourth-order valence-corrected chi connectivity index (χ4v) is 8.56. The number of hydrogen-bond donors (Lipinski definition) is 3. The first-order valence-electron chi connectivity index (χ1n) is 27.0. The van der Waals surface area contributed by atoms with Crippen LogP contribution in [0.3, 0.4) is 0 Å². The molecule has 0 bridgehead atoms. The SMILES string of the molecule is CC/C=C\C/C=C\C/C=C\CCCCCC(=O)NC(COP(=O)(O)OCC[N+](C)(C)C)C(O)/C=C/CCCCCCCCCCCCCCCCCCCCCCCCCCCCC. The first kappa shape index (κ1) is 62.5. The number of aliphatic hydroxyl groups is 1. The molecule has 0 saturated heterocycles. The summed E-state index contributed by atoms with van der Waals surface area (Å²) in [5.74, 6) is -0.205. The number of unbranched alkanes of at least 4 members (excludes halogenated alkanes) is 30. The summed E-state index contributed by atoms with van der Waals surface area (Å²) in [6.45, 7) is 4.69. The van der Waals surface area contributed by atoms with Crippen molar-refractivity contribution in [1.29, 1.82) is 0 Å². The van der Waals surface area contributed by atoms with Gasteiger partial charge in [0.05, 0.1) is 39.9 Å². The second kappa shape index (κ2) is 46.6. The second-order valence-corrected chi connectivity index (χ2v) is 21.0. The van der Waals surface area contributed by atoms with E-state index in [1.807, 2.05) is 27.2 Å². The lowest BCUT2D eigenvalue weighted by atomic mass is 10.0. The molecule has 0 aliphatic carbocycles. The van der Waals surface area contributed by atoms with Crippen molar-refractivity contribution in [3.05, 3.63) is 48.6 Å². The number of amides is 1. The maximum Gasteiger partial charge on any atom is 0.472 e. The minimum Gasteiger partial charge on any atom is -0.387 e. The van der Waals surface area contributed by atoms with Gasteiger partial charge in [-0.25, -0.2) is 4.57 Å². The second-order valence-electron chi connectivity index (χ2n) is 19.6. The summed E-state index contributed by atoms with van der Waals surface area (Å²) >= 11 is 0. The fourth-order valence-electron chi connectivity index (χ4n) is 7.82. The molecule has 3 N–H and O–H groups in total. The zero-order valence-corrected chi connectivity index (χ0v) is 43.7. The molecule has 0 radical (unpaired) electrons. The molecular weight excluding hydrogens is 816 g/mol. The molecule has 0 fully saturated rings. The van der Waals surface area contributed by atoms with Crippen molar-refractivity contribution in [3.8, 4) is 0 Å². The number of allylic oxidation sites excluding steroid dienone is 7. The average molecular weight is 922 g/mol. The lowest BCUT2D eigenvalue weighted by molar-refractivity contribution is -0.870. The summed E-state index contributed by atoms with van der Waals surface area (Å²) in [4.78, 5) is 23.2. The molecule has 64 heavy (non-hydrogen) atoms. The summed E-state index contributed by atoms with van der Waals surface area (Å²) in [6.07, 6.45) is 60.8. The largest absolute Gasteiger partial charge is 0.472 e. The summed E-state index contributed by atoms with van der Waals surface area (Å²) < 4.78 is 23.6. The number of likely N-dealkylation sites (N-methyl/N-ethyl adjacent to an activating group) is 1. The van der Waals surface area contributed by atoms with Crippen LogP contribution in [0.25, 0.3) is 0 Å². The van der Waals surface area contributed by atoms with Crippen LogP contribution in [0, 0.1) is 0 Å². The molecule has 0 aliphatic heterocycles. The van der Waals surface area contributed by atoms with Gasteiger partial charge in [0, 0.05) is 6.42 Å². The number of nitrogens with one attached hydrogen (secondary N) is 1. The number of carbonyl (C=O) groups is 1. The van der Waals surface area contributed by atoms with Gasteiger partial charge in [-0.15, -0.1) is 0 Å². The number of nitrogens with zero attached hydrogens (tertiary/aromatic N) is 1. The molecule has 376 valence electrons. The highest BCUT2D eigenvalue weighted by molar-refractivity contribution is 7.47. The molecule has 0 rings (SSSR count). The van der Waals surface area contributed by atoms with Gasteiger partial charge in [0.25, 0.3) is 0 Å². The van der Waals surface area contributed by atoms with Crippen LogP contribution in [0.1, 0.15) is 245 Å². The topological polar surface area (TPSA) is 105 Å². The van der Waals surface area contributed by atoms with Gasteiger partial charge >= 0.3 is 7.82 Å². The zero-order chi connectivity index (χ0) is 47.1. The molecule has 0 aliphatic rings. The van der Waals surface area contributed by atoms with Gasteiger partial charge in [-0.3, -0.25) is 13.8 Å². The number of aliphatic hydroxyl groups excluding tert-OH is 1. The summed E-state index contributed by atoms with van der Waals surface area (Å²) in [6, 6.07) is -0.863. The Morgan fingerprint density at radius 2 is 0.938 bits per heavy atom. The number of quaternary nitrogens is 1. The zero-order valence-electron chi connectivity index (χ0n) is 42.8. The lowest BCUT2D eigenvalue weighted by Gasteiger charge is -2.25. The summed E-state index contributed by atoms with van der Waals surface area (Å²) in [7, 11) is 1.55. The number of carbonyl (C=O) groups excluding carboxylic acids is 1. The molecule has 0 spiro atoms. The Morgan fingerprint density at radius 3 is 1.38 bits per heavy atom. The van der Waals surface area contributed by atoms with Crippen LogP contribution in [0.4, 0.5) is 0 Å². The van der Waals surface area contributed by atoms with Crippen molar-refractivity contribution in [2.24, 2.45) is 0 Å². The first-order valence-corrected chi connectivity index (χ1v) is 28.5. The van der Waals surface area contributed by atoms with Crippen LogP contribution in [0.2, 0.25) is 0 Å². The van der Waals surface area contributed by atoms with E-state index in [4.69, 9.17) is 9.05 Å². The van der Waals surface area contributed by atoms with Crippen molar-refractivity contribution in [3.63, 3.8) is 0 Å². The molecule has 9 heteroatoms. The van der Waals surface area contributed by atoms with Crippen LogP contribution in [0.15, 0.2) is 48.6 Å². The highest BCUT2D eigenvalue weighted by atomic mass is 31.2. The van der Waals surface area contributed by atoms with Gasteiger partial charge in [0.1, 0.15) is 13.2 Å². The van der Waals surface area contributed by atoms with Crippen molar-refractivity contribution in [2.45, 2.75) is 257 Å². The van der Waals surface area contributed by atoms with Gasteiger partial charge in [0.2, 0.25) is 5.91 Å². The molecule has 0 saturated carbocycles. The van der Waals surface area contributed by atoms with Crippen LogP contribution < -0.4 is 5.32 Å². The molecule has 0 aromatic heterocycles. The Balaban J connectivity index is 4.15. The lowest BCUT2D eigenvalue weighted by Crippen LogP contribution is -2.45. The third-order valence-electron chi connectivity index (χ3n) is 12.1. The maximum absolute atomic E-state index is 12.9. The van der Waals surface area contributed by atoms with E-state index >= 15 is 0 Å². The predicted molar refractivity (Wildman–Crippen MR) is 277 cm³/mol. The number of rotatable bonds is 49. The minimum atomic E-state index is -4.35. The van der Waals surface area contributed by atoms with Crippen LogP contribution >= 0.6 is 7.82 Å². The third kappa shape index (κ3) is 48.4. The molecule has 1 amide bonds. The van der Waals surface area contributed by atoms with E-state index in [9.17, 15) is 19.4 Å². The number of phosphoric ester groups is 1. The highest BCUT2D eigenvalue weighted by Gasteiger charge is 2.27. The smallest absolute Gasteiger partial charge is 0.387 e. The number of hydrogen-bond acceptors (Lipinski definition) is 5. The molecule has 8 nitrogen and oxygen atoms in total. The van der Waals surface area contributed by atoms with Gasteiger partial charge < -0.3 is 19.8 Å². The van der Waals surface area contributed by atoms with Crippen molar-refractivity contribution >= 4 is 13.7 Å². The van der Waals surface area contributed by atoms with E-state index in [-0.39, 0.29) is 19.1 Å². The van der Waals surface area contributed by atoms with E-state index < -0.39 is 20.0 Å². The standard InChI is InChI=1S/C55H105N2O6P/c1-6-8-10-12-14-16-18-20-21-22-23-24-25-26-27-28-29-30-31-32-33-34-35-37-38-40-42-44-46-48-54(58)53(52-63-64(60,61)62-51-50-57(3,4)5)56-55(59)49-47-45-43-41-39-36-19-17-15-13-11-9-7-2/h9,11,15,17,36,39,46,48,53-54,58H,6-8,10,12-14,16,18-35,37-38,40-45,47,49-52H2,1-5H3,(H-,56,59,60,61)/p+1/b11-9-,17-15-,39-36-,48-46+. The number of phosphoric acid groups is 1. The Hall–Kier alpha value is -1.54. The molecule has 0 aromatic rings. The van der Waals surface area contributed by atoms with E-state index in [0.29, 0.717) is 17.4 Å². The quantitative estimate of drug-likeness (QED) is 0.0243.